The van der Waals surface area contributed by atoms with Crippen molar-refractivity contribution in [3.8, 4) is 5.75 Å². The Hall–Kier alpha value is -1.30. The standard InChI is InChI=1S/C27H42NO2.C26H56N.2ClH/c1-23(2)19-27(20-24(3)4,30-26-15-11-8-12-16-26)22-29-18-17-28(5,6)21-25-13-9-7-10-14-25;1-5-7-9-11-13-15-17-19-21-23-25-27(3,4)26-24-22-20-18-16-14-12-10-8-6-2;;/h7-16,23-24H,17-22H2,1-6H3;5-26H2,1-4H3;2*1H/q2*+1;;/p-2. The van der Waals surface area contributed by atoms with Crippen LogP contribution in [0.2, 0.25) is 0 Å². The van der Waals surface area contributed by atoms with E-state index in [0.29, 0.717) is 18.4 Å². The van der Waals surface area contributed by atoms with Gasteiger partial charge in [0.05, 0.1) is 54.5 Å². The number of hydrogen-bond acceptors (Lipinski definition) is 2. The van der Waals surface area contributed by atoms with Gasteiger partial charge in [0.1, 0.15) is 24.4 Å². The first kappa shape index (κ1) is 59.8. The van der Waals surface area contributed by atoms with E-state index in [9.17, 15) is 0 Å². The lowest BCUT2D eigenvalue weighted by atomic mass is 9.85. The van der Waals surface area contributed by atoms with Crippen molar-refractivity contribution in [2.75, 3.05) is 61.0 Å². The monoisotopic (exact) mass is 865 g/mol. The van der Waals surface area contributed by atoms with Crippen LogP contribution in [-0.2, 0) is 11.3 Å². The molecule has 2 rings (SSSR count). The molecule has 2 aromatic carbocycles. The van der Waals surface area contributed by atoms with Crippen LogP contribution in [0.25, 0.3) is 0 Å². The smallest absolute Gasteiger partial charge is 0.133 e. The molecule has 0 amide bonds. The molecular weight excluding hydrogens is 768 g/mol. The highest BCUT2D eigenvalue weighted by Crippen LogP contribution is 2.31. The second kappa shape index (κ2) is 37.3. The van der Waals surface area contributed by atoms with Gasteiger partial charge in [-0.15, -0.1) is 0 Å². The zero-order chi connectivity index (χ0) is 42.1. The van der Waals surface area contributed by atoms with E-state index < -0.39 is 0 Å². The van der Waals surface area contributed by atoms with E-state index in [-0.39, 0.29) is 30.4 Å². The number of likely N-dealkylation sites (N-methyl/N-ethyl adjacent to an activating group) is 1. The Morgan fingerprint density at radius 3 is 1.24 bits per heavy atom. The molecule has 2 aromatic rings. The number of ether oxygens (including phenoxy) is 2. The van der Waals surface area contributed by atoms with Gasteiger partial charge in [-0.3, -0.25) is 0 Å². The Bertz CT molecular complexity index is 1120. The maximum Gasteiger partial charge on any atom is 0.133 e. The fourth-order valence-corrected chi connectivity index (χ4v) is 8.43. The largest absolute Gasteiger partial charge is 1.00 e. The van der Waals surface area contributed by atoms with Crippen molar-refractivity contribution in [2.45, 2.75) is 195 Å². The molecule has 0 saturated heterocycles. The van der Waals surface area contributed by atoms with Crippen molar-refractivity contribution < 1.29 is 43.3 Å². The zero-order valence-electron chi connectivity index (χ0n) is 40.7. The topological polar surface area (TPSA) is 18.5 Å². The summed E-state index contributed by atoms with van der Waals surface area (Å²) in [4.78, 5) is 0. The lowest BCUT2D eigenvalue weighted by molar-refractivity contribution is -0.904. The van der Waals surface area contributed by atoms with Crippen molar-refractivity contribution in [2.24, 2.45) is 11.8 Å². The summed E-state index contributed by atoms with van der Waals surface area (Å²) in [5.74, 6) is 2.02. The molecule has 6 heteroatoms. The molecule has 0 aliphatic carbocycles. The average molecular weight is 866 g/mol. The van der Waals surface area contributed by atoms with Crippen LogP contribution in [0.15, 0.2) is 60.7 Å². The molecule has 0 saturated carbocycles. The van der Waals surface area contributed by atoms with Crippen LogP contribution in [0, 0.1) is 11.8 Å². The van der Waals surface area contributed by atoms with Crippen molar-refractivity contribution in [3.63, 3.8) is 0 Å². The molecule has 0 heterocycles. The third kappa shape index (κ3) is 34.9. The molecule has 0 spiro atoms. The third-order valence-electron chi connectivity index (χ3n) is 11.5. The second-order valence-corrected chi connectivity index (χ2v) is 19.9. The number of para-hydroxylation sites is 1. The van der Waals surface area contributed by atoms with E-state index in [0.717, 1.165) is 42.8 Å². The van der Waals surface area contributed by atoms with Gasteiger partial charge in [0, 0.05) is 5.56 Å². The average Bonchev–Trinajstić information content (AvgIpc) is 3.15. The Morgan fingerprint density at radius 2 is 0.847 bits per heavy atom. The van der Waals surface area contributed by atoms with Crippen molar-refractivity contribution in [1.29, 1.82) is 0 Å². The Balaban J connectivity index is 0. The first-order valence-corrected chi connectivity index (χ1v) is 24.3. The predicted molar refractivity (Wildman–Crippen MR) is 252 cm³/mol. The maximum absolute atomic E-state index is 6.62. The summed E-state index contributed by atoms with van der Waals surface area (Å²) < 4.78 is 15.1. The minimum atomic E-state index is -0.291. The summed E-state index contributed by atoms with van der Waals surface area (Å²) >= 11 is 0. The number of benzene rings is 2. The highest BCUT2D eigenvalue weighted by molar-refractivity contribution is 5.22. The van der Waals surface area contributed by atoms with Crippen LogP contribution in [0.5, 0.6) is 5.75 Å². The van der Waals surface area contributed by atoms with Crippen molar-refractivity contribution in [3.05, 3.63) is 66.2 Å². The van der Waals surface area contributed by atoms with Crippen LogP contribution in [0.4, 0.5) is 0 Å². The van der Waals surface area contributed by atoms with Gasteiger partial charge in [0.2, 0.25) is 0 Å². The Morgan fingerprint density at radius 1 is 0.475 bits per heavy atom. The van der Waals surface area contributed by atoms with Gasteiger partial charge >= 0.3 is 0 Å². The normalized spacial score (nSPS) is 11.9. The molecule has 0 bridgehead atoms. The van der Waals surface area contributed by atoms with Gasteiger partial charge < -0.3 is 43.3 Å². The van der Waals surface area contributed by atoms with E-state index in [2.05, 4.69) is 112 Å². The molecule has 0 atom stereocenters. The lowest BCUT2D eigenvalue weighted by Gasteiger charge is -2.38. The molecule has 0 aromatic heterocycles. The van der Waals surface area contributed by atoms with Crippen LogP contribution < -0.4 is 29.6 Å². The van der Waals surface area contributed by atoms with Gasteiger partial charge in [0.25, 0.3) is 0 Å². The van der Waals surface area contributed by atoms with Crippen LogP contribution in [0.3, 0.4) is 0 Å². The van der Waals surface area contributed by atoms with E-state index in [4.69, 9.17) is 9.47 Å². The summed E-state index contributed by atoms with van der Waals surface area (Å²) in [6, 6.07) is 20.9. The quantitative estimate of drug-likeness (QED) is 0.0509. The van der Waals surface area contributed by atoms with Gasteiger partial charge in [-0.1, -0.05) is 193 Å². The fourth-order valence-electron chi connectivity index (χ4n) is 8.43. The number of quaternary nitrogens is 2. The van der Waals surface area contributed by atoms with Crippen LogP contribution in [-0.4, -0.2) is 75.6 Å². The highest BCUT2D eigenvalue weighted by atomic mass is 35.5. The Kier molecular flexibility index (Phi) is 37.8. The van der Waals surface area contributed by atoms with E-state index in [1.165, 1.54) is 152 Å². The van der Waals surface area contributed by atoms with E-state index in [1.54, 1.807) is 0 Å². The first-order chi connectivity index (χ1) is 27.3. The minimum Gasteiger partial charge on any atom is -1.00 e. The lowest BCUT2D eigenvalue weighted by Crippen LogP contribution is -3.00. The molecule has 346 valence electrons. The zero-order valence-corrected chi connectivity index (χ0v) is 42.2. The third-order valence-corrected chi connectivity index (χ3v) is 11.5. The summed E-state index contributed by atoms with van der Waals surface area (Å²) in [7, 11) is 9.43. The summed E-state index contributed by atoms with van der Waals surface area (Å²) in [6.45, 7) is 19.8. The van der Waals surface area contributed by atoms with Crippen LogP contribution >= 0.6 is 0 Å². The number of halogens is 2. The van der Waals surface area contributed by atoms with Gasteiger partial charge in [-0.2, -0.15) is 0 Å². The summed E-state index contributed by atoms with van der Waals surface area (Å²) in [5.41, 5.74) is 1.07. The van der Waals surface area contributed by atoms with E-state index in [1.807, 2.05) is 18.2 Å². The van der Waals surface area contributed by atoms with Gasteiger partial charge in [-0.05, 0) is 62.5 Å². The molecule has 0 N–H and O–H groups in total. The molecule has 0 aliphatic rings. The van der Waals surface area contributed by atoms with Crippen LogP contribution in [0.1, 0.15) is 188 Å². The number of hydrogen-bond donors (Lipinski definition) is 0. The predicted octanol–water partition coefficient (Wildman–Crippen LogP) is 9.10. The second-order valence-electron chi connectivity index (χ2n) is 19.9. The molecule has 0 unspecified atom stereocenters. The molecule has 59 heavy (non-hydrogen) atoms. The maximum atomic E-state index is 6.62. The molecule has 0 fully saturated rings. The van der Waals surface area contributed by atoms with Crippen molar-refractivity contribution >= 4 is 0 Å². The highest BCUT2D eigenvalue weighted by Gasteiger charge is 2.35. The molecular formula is C53H98Cl2N2O2. The van der Waals surface area contributed by atoms with Gasteiger partial charge in [0.15, 0.2) is 0 Å². The number of nitrogens with zero attached hydrogens (tertiary/aromatic N) is 2. The number of rotatable bonds is 35. The molecule has 0 aliphatic heterocycles. The minimum absolute atomic E-state index is 0. The van der Waals surface area contributed by atoms with E-state index >= 15 is 0 Å². The summed E-state index contributed by atoms with van der Waals surface area (Å²) in [5, 5.41) is 0. The fraction of sp³-hybridized carbons (Fsp3) is 0.774. The SMILES string of the molecule is CC(C)CC(COCC[N+](C)(C)Cc1ccccc1)(CC(C)C)Oc1ccccc1.CCCCCCCCCCCC[N+](C)(C)CCCCCCCCCCCC.[Cl-].[Cl-]. The summed E-state index contributed by atoms with van der Waals surface area (Å²) in [6.07, 6.45) is 31.0. The van der Waals surface area contributed by atoms with Gasteiger partial charge in [-0.25, -0.2) is 0 Å². The van der Waals surface area contributed by atoms with Crippen molar-refractivity contribution in [1.82, 2.24) is 0 Å². The molecule has 0 radical (unpaired) electrons. The first-order valence-electron chi connectivity index (χ1n) is 24.3. The molecule has 4 nitrogen and oxygen atoms in total. The Labute approximate surface area is 381 Å². The number of unbranched alkanes of at least 4 members (excludes halogenated alkanes) is 18.